The molecule has 0 atom stereocenters. The summed E-state index contributed by atoms with van der Waals surface area (Å²) >= 11 is 0. The van der Waals surface area contributed by atoms with Crippen molar-refractivity contribution >= 4 is 6.09 Å². The minimum atomic E-state index is -0.224. The van der Waals surface area contributed by atoms with Gasteiger partial charge in [0.15, 0.2) is 0 Å². The van der Waals surface area contributed by atoms with Crippen LogP contribution in [-0.4, -0.2) is 37.8 Å². The predicted octanol–water partition coefficient (Wildman–Crippen LogP) is 2.85. The number of carbonyl (C=O) groups excluding carboxylic acids is 1. The van der Waals surface area contributed by atoms with Crippen molar-refractivity contribution in [1.82, 2.24) is 4.90 Å². The maximum absolute atomic E-state index is 11.4. The molecule has 1 aromatic rings. The van der Waals surface area contributed by atoms with E-state index in [1.165, 1.54) is 12.7 Å². The van der Waals surface area contributed by atoms with Gasteiger partial charge in [0.2, 0.25) is 0 Å². The second-order valence-electron chi connectivity index (χ2n) is 5.03. The van der Waals surface area contributed by atoms with Gasteiger partial charge in [-0.15, -0.1) is 0 Å². The third-order valence-corrected chi connectivity index (χ3v) is 3.52. The lowest BCUT2D eigenvalue weighted by molar-refractivity contribution is 0.0965. The summed E-state index contributed by atoms with van der Waals surface area (Å²) in [6.07, 6.45) is 1.72. The van der Waals surface area contributed by atoms with Crippen molar-refractivity contribution in [2.75, 3.05) is 26.8 Å². The maximum Gasteiger partial charge on any atom is 0.409 e. The van der Waals surface area contributed by atoms with Gasteiger partial charge >= 0.3 is 6.09 Å². The summed E-state index contributed by atoms with van der Waals surface area (Å²) in [6, 6.07) is 8.09. The molecule has 0 aliphatic carbocycles. The molecule has 1 aromatic carbocycles. The van der Waals surface area contributed by atoms with Crippen molar-refractivity contribution in [3.05, 3.63) is 29.8 Å². The molecule has 19 heavy (non-hydrogen) atoms. The second-order valence-corrected chi connectivity index (χ2v) is 5.03. The minimum absolute atomic E-state index is 0.224. The fourth-order valence-corrected chi connectivity index (χ4v) is 2.33. The van der Waals surface area contributed by atoms with Crippen LogP contribution in [-0.2, 0) is 4.74 Å². The Bertz CT molecular complexity index is 425. The van der Waals surface area contributed by atoms with Gasteiger partial charge in [-0.05, 0) is 43.4 Å². The highest BCUT2D eigenvalue weighted by Crippen LogP contribution is 2.20. The summed E-state index contributed by atoms with van der Waals surface area (Å²) in [5.41, 5.74) is 1.21. The number of rotatable bonds is 3. The smallest absolute Gasteiger partial charge is 0.409 e. The Balaban J connectivity index is 1.75. The standard InChI is InChI=1S/C15H21NO3/c1-12-4-3-5-14(10-12)19-11-13-6-8-16(9-7-13)15(17)18-2/h3-5,10,13H,6-9,11H2,1-2H3. The topological polar surface area (TPSA) is 38.8 Å². The van der Waals surface area contributed by atoms with Crippen molar-refractivity contribution in [3.8, 4) is 5.75 Å². The summed E-state index contributed by atoms with van der Waals surface area (Å²) in [5.74, 6) is 1.44. The van der Waals surface area contributed by atoms with Gasteiger partial charge < -0.3 is 14.4 Å². The van der Waals surface area contributed by atoms with Gasteiger partial charge in [-0.3, -0.25) is 0 Å². The molecule has 2 rings (SSSR count). The Hall–Kier alpha value is -1.71. The third kappa shape index (κ3) is 3.88. The van der Waals surface area contributed by atoms with E-state index in [4.69, 9.17) is 9.47 Å². The van der Waals surface area contributed by atoms with Crippen LogP contribution in [0.25, 0.3) is 0 Å². The first-order valence-electron chi connectivity index (χ1n) is 6.71. The van der Waals surface area contributed by atoms with E-state index in [0.717, 1.165) is 38.3 Å². The summed E-state index contributed by atoms with van der Waals surface area (Å²) in [4.78, 5) is 13.1. The fraction of sp³-hybridized carbons (Fsp3) is 0.533. The van der Waals surface area contributed by atoms with Crippen LogP contribution in [0.3, 0.4) is 0 Å². The molecule has 0 saturated carbocycles. The number of aryl methyl sites for hydroxylation is 1. The number of methoxy groups -OCH3 is 1. The van der Waals surface area contributed by atoms with Crippen molar-refractivity contribution in [2.24, 2.45) is 5.92 Å². The molecule has 1 amide bonds. The Morgan fingerprint density at radius 1 is 1.37 bits per heavy atom. The molecule has 0 radical (unpaired) electrons. The average molecular weight is 263 g/mol. The number of ether oxygens (including phenoxy) is 2. The number of amides is 1. The number of piperidine rings is 1. The average Bonchev–Trinajstić information content (AvgIpc) is 2.45. The molecule has 0 spiro atoms. The molecule has 4 nitrogen and oxygen atoms in total. The zero-order valence-corrected chi connectivity index (χ0v) is 11.6. The van der Waals surface area contributed by atoms with Gasteiger partial charge in [-0.25, -0.2) is 4.79 Å². The molecule has 4 heteroatoms. The van der Waals surface area contributed by atoms with E-state index in [9.17, 15) is 4.79 Å². The second kappa shape index (κ2) is 6.45. The van der Waals surface area contributed by atoms with Gasteiger partial charge in [-0.2, -0.15) is 0 Å². The lowest BCUT2D eigenvalue weighted by Crippen LogP contribution is -2.39. The SMILES string of the molecule is COC(=O)N1CCC(COc2cccc(C)c2)CC1. The predicted molar refractivity (Wildman–Crippen MR) is 73.4 cm³/mol. The Morgan fingerprint density at radius 2 is 2.11 bits per heavy atom. The van der Waals surface area contributed by atoms with Crippen LogP contribution in [0, 0.1) is 12.8 Å². The van der Waals surface area contributed by atoms with E-state index in [1.807, 2.05) is 18.2 Å². The van der Waals surface area contributed by atoms with E-state index >= 15 is 0 Å². The van der Waals surface area contributed by atoms with Crippen LogP contribution in [0.15, 0.2) is 24.3 Å². The quantitative estimate of drug-likeness (QED) is 0.841. The highest BCUT2D eigenvalue weighted by atomic mass is 16.5. The minimum Gasteiger partial charge on any atom is -0.493 e. The lowest BCUT2D eigenvalue weighted by Gasteiger charge is -2.30. The van der Waals surface area contributed by atoms with Crippen LogP contribution >= 0.6 is 0 Å². The summed E-state index contributed by atoms with van der Waals surface area (Å²) < 4.78 is 10.5. The first kappa shape index (κ1) is 13.7. The molecule has 0 aromatic heterocycles. The number of likely N-dealkylation sites (tertiary alicyclic amines) is 1. The van der Waals surface area contributed by atoms with Gasteiger partial charge in [0, 0.05) is 13.1 Å². The Morgan fingerprint density at radius 3 is 2.74 bits per heavy atom. The van der Waals surface area contributed by atoms with E-state index in [0.29, 0.717) is 5.92 Å². The molecule has 0 N–H and O–H groups in total. The number of carbonyl (C=O) groups is 1. The molecule has 104 valence electrons. The van der Waals surface area contributed by atoms with Crippen LogP contribution < -0.4 is 4.74 Å². The van der Waals surface area contributed by atoms with Crippen molar-refractivity contribution in [2.45, 2.75) is 19.8 Å². The third-order valence-electron chi connectivity index (χ3n) is 3.52. The number of benzene rings is 1. The monoisotopic (exact) mass is 263 g/mol. The van der Waals surface area contributed by atoms with Crippen LogP contribution in [0.2, 0.25) is 0 Å². The van der Waals surface area contributed by atoms with Gasteiger partial charge in [0.1, 0.15) is 5.75 Å². The van der Waals surface area contributed by atoms with E-state index in [-0.39, 0.29) is 6.09 Å². The molecular weight excluding hydrogens is 242 g/mol. The lowest BCUT2D eigenvalue weighted by atomic mass is 9.98. The van der Waals surface area contributed by atoms with E-state index in [2.05, 4.69) is 13.0 Å². The normalized spacial score (nSPS) is 16.2. The highest BCUT2D eigenvalue weighted by Gasteiger charge is 2.23. The molecule has 0 bridgehead atoms. The van der Waals surface area contributed by atoms with Gasteiger partial charge in [0.25, 0.3) is 0 Å². The zero-order valence-electron chi connectivity index (χ0n) is 11.6. The molecule has 1 saturated heterocycles. The van der Waals surface area contributed by atoms with Crippen molar-refractivity contribution in [3.63, 3.8) is 0 Å². The molecule has 1 fully saturated rings. The van der Waals surface area contributed by atoms with Crippen LogP contribution in [0.5, 0.6) is 5.75 Å². The fourth-order valence-electron chi connectivity index (χ4n) is 2.33. The maximum atomic E-state index is 11.4. The first-order chi connectivity index (χ1) is 9.19. The van der Waals surface area contributed by atoms with E-state index < -0.39 is 0 Å². The summed E-state index contributed by atoms with van der Waals surface area (Å²) in [6.45, 7) is 4.29. The number of hydrogen-bond donors (Lipinski definition) is 0. The zero-order chi connectivity index (χ0) is 13.7. The van der Waals surface area contributed by atoms with Gasteiger partial charge in [-0.1, -0.05) is 12.1 Å². The molecule has 1 aliphatic rings. The Kier molecular flexibility index (Phi) is 4.66. The molecule has 1 heterocycles. The van der Waals surface area contributed by atoms with Gasteiger partial charge in [0.05, 0.1) is 13.7 Å². The summed E-state index contributed by atoms with van der Waals surface area (Å²) in [7, 11) is 1.43. The van der Waals surface area contributed by atoms with E-state index in [1.54, 1.807) is 4.90 Å². The number of nitrogens with zero attached hydrogens (tertiary/aromatic N) is 1. The number of hydrogen-bond acceptors (Lipinski definition) is 3. The summed E-state index contributed by atoms with van der Waals surface area (Å²) in [5, 5.41) is 0. The van der Waals surface area contributed by atoms with Crippen molar-refractivity contribution < 1.29 is 14.3 Å². The van der Waals surface area contributed by atoms with Crippen LogP contribution in [0.4, 0.5) is 4.79 Å². The molecule has 1 aliphatic heterocycles. The van der Waals surface area contributed by atoms with Crippen molar-refractivity contribution in [1.29, 1.82) is 0 Å². The highest BCUT2D eigenvalue weighted by molar-refractivity contribution is 5.67. The molecular formula is C15H21NO3. The first-order valence-corrected chi connectivity index (χ1v) is 6.71. The Labute approximate surface area is 114 Å². The van der Waals surface area contributed by atoms with Crippen LogP contribution in [0.1, 0.15) is 18.4 Å². The largest absolute Gasteiger partial charge is 0.493 e. The molecule has 0 unspecified atom stereocenters.